The highest BCUT2D eigenvalue weighted by atomic mass is 19.4. The van der Waals surface area contributed by atoms with Crippen molar-refractivity contribution in [3.05, 3.63) is 131 Å². The molecule has 0 saturated carbocycles. The monoisotopic (exact) mass is 475 g/mol. The molecule has 2 N–H and O–H groups in total. The third-order valence-electron chi connectivity index (χ3n) is 5.74. The number of hydrogen-bond acceptors (Lipinski definition) is 2. The Kier molecular flexibility index (Phi) is 6.87. The fraction of sp³-hybridized carbons (Fsp3) is 0.143. The summed E-state index contributed by atoms with van der Waals surface area (Å²) in [6, 6.07) is 27.2. The lowest BCUT2D eigenvalue weighted by Gasteiger charge is -2.35. The van der Waals surface area contributed by atoms with Gasteiger partial charge in [-0.25, -0.2) is 4.79 Å². The minimum absolute atomic E-state index is 0.316. The summed E-state index contributed by atoms with van der Waals surface area (Å²) in [4.78, 5) is 17.8. The summed E-state index contributed by atoms with van der Waals surface area (Å²) in [6.07, 6.45) is -2.65. The molecule has 178 valence electrons. The molecule has 0 radical (unpaired) electrons. The van der Waals surface area contributed by atoms with E-state index < -0.39 is 23.3 Å². The third-order valence-corrected chi connectivity index (χ3v) is 5.74. The van der Waals surface area contributed by atoms with Crippen LogP contribution in [0.3, 0.4) is 0 Å². The van der Waals surface area contributed by atoms with Gasteiger partial charge in [0, 0.05) is 12.6 Å². The number of hydrogen-bond donors (Lipinski definition) is 2. The van der Waals surface area contributed by atoms with Crippen LogP contribution in [0, 0.1) is 6.92 Å². The highest BCUT2D eigenvalue weighted by molar-refractivity contribution is 5.91. The van der Waals surface area contributed by atoms with Crippen molar-refractivity contribution in [2.24, 2.45) is 0 Å². The van der Waals surface area contributed by atoms with Crippen molar-refractivity contribution >= 4 is 11.7 Å². The van der Waals surface area contributed by atoms with Crippen molar-refractivity contribution < 1.29 is 18.0 Å². The van der Waals surface area contributed by atoms with Gasteiger partial charge in [0.1, 0.15) is 5.54 Å². The summed E-state index contributed by atoms with van der Waals surface area (Å²) in [6.45, 7) is 1.57. The number of urea groups is 1. The average molecular weight is 476 g/mol. The standard InChI is InChI=1S/C28H24F3N3O/c1-20-15-16-24(23(18-20)28(29,30)31)33-26(35)34-27(22-12-6-3-7-13-22,25-14-8-9-17-32-25)19-21-10-4-2-5-11-21/h2-18H,19H2,1H3,(H2,33,34,35). The number of alkyl halides is 3. The number of aryl methyl sites for hydroxylation is 1. The largest absolute Gasteiger partial charge is 0.418 e. The van der Waals surface area contributed by atoms with Crippen LogP contribution in [0.2, 0.25) is 0 Å². The second-order valence-electron chi connectivity index (χ2n) is 8.27. The van der Waals surface area contributed by atoms with Crippen molar-refractivity contribution in [2.45, 2.75) is 25.1 Å². The number of nitrogens with one attached hydrogen (secondary N) is 2. The highest BCUT2D eigenvalue weighted by Gasteiger charge is 2.39. The Morgan fingerprint density at radius 3 is 2.14 bits per heavy atom. The molecule has 1 aromatic heterocycles. The molecule has 1 heterocycles. The van der Waals surface area contributed by atoms with Crippen molar-refractivity contribution in [3.8, 4) is 0 Å². The predicted octanol–water partition coefficient (Wildman–Crippen LogP) is 6.72. The number of aromatic nitrogens is 1. The van der Waals surface area contributed by atoms with Crippen LogP contribution in [0.15, 0.2) is 103 Å². The molecular formula is C28H24F3N3O. The first kappa shape index (κ1) is 24.0. The molecule has 0 aliphatic carbocycles. The van der Waals surface area contributed by atoms with E-state index in [0.29, 0.717) is 17.7 Å². The number of halogens is 3. The van der Waals surface area contributed by atoms with E-state index >= 15 is 0 Å². The third kappa shape index (κ3) is 5.51. The smallest absolute Gasteiger partial charge is 0.322 e. The van der Waals surface area contributed by atoms with Crippen LogP contribution in [0.5, 0.6) is 0 Å². The van der Waals surface area contributed by atoms with Crippen LogP contribution >= 0.6 is 0 Å². The minimum Gasteiger partial charge on any atom is -0.322 e. The summed E-state index contributed by atoms with van der Waals surface area (Å²) < 4.78 is 41.0. The van der Waals surface area contributed by atoms with Gasteiger partial charge in [-0.05, 0) is 42.3 Å². The molecule has 1 atom stereocenters. The van der Waals surface area contributed by atoms with Gasteiger partial charge in [-0.3, -0.25) is 4.98 Å². The number of pyridine rings is 1. The molecule has 0 spiro atoms. The van der Waals surface area contributed by atoms with Gasteiger partial charge >= 0.3 is 12.2 Å². The average Bonchev–Trinajstić information content (AvgIpc) is 2.86. The molecule has 35 heavy (non-hydrogen) atoms. The van der Waals surface area contributed by atoms with Crippen molar-refractivity contribution in [3.63, 3.8) is 0 Å². The van der Waals surface area contributed by atoms with Gasteiger partial charge in [0.05, 0.1) is 16.9 Å². The molecular weight excluding hydrogens is 451 g/mol. The lowest BCUT2D eigenvalue weighted by atomic mass is 9.80. The number of rotatable bonds is 6. The normalized spacial score (nSPS) is 13.0. The zero-order valence-corrected chi connectivity index (χ0v) is 19.0. The van der Waals surface area contributed by atoms with E-state index in [-0.39, 0.29) is 5.69 Å². The van der Waals surface area contributed by atoms with Gasteiger partial charge in [0.25, 0.3) is 0 Å². The fourth-order valence-electron chi connectivity index (χ4n) is 4.11. The maximum absolute atomic E-state index is 13.7. The maximum atomic E-state index is 13.7. The number of carbonyl (C=O) groups excluding carboxylic acids is 1. The van der Waals surface area contributed by atoms with Crippen LogP contribution in [-0.4, -0.2) is 11.0 Å². The fourth-order valence-corrected chi connectivity index (χ4v) is 4.11. The Morgan fingerprint density at radius 1 is 0.857 bits per heavy atom. The number of anilines is 1. The molecule has 1 unspecified atom stereocenters. The SMILES string of the molecule is Cc1ccc(NC(=O)NC(Cc2ccccc2)(c2ccccc2)c2ccccn2)c(C(F)(F)F)c1. The van der Waals surface area contributed by atoms with Crippen molar-refractivity contribution in [1.82, 2.24) is 10.3 Å². The quantitative estimate of drug-likeness (QED) is 0.325. The van der Waals surface area contributed by atoms with Gasteiger partial charge in [-0.2, -0.15) is 13.2 Å². The first-order valence-corrected chi connectivity index (χ1v) is 11.1. The Labute approximate surface area is 201 Å². The number of amides is 2. The van der Waals surface area contributed by atoms with Gasteiger partial charge in [-0.1, -0.05) is 78.4 Å². The van der Waals surface area contributed by atoms with Crippen LogP contribution in [0.25, 0.3) is 0 Å². The molecule has 2 amide bonds. The molecule has 4 nitrogen and oxygen atoms in total. The van der Waals surface area contributed by atoms with E-state index in [4.69, 9.17) is 0 Å². The van der Waals surface area contributed by atoms with Gasteiger partial charge in [-0.15, -0.1) is 0 Å². The van der Waals surface area contributed by atoms with Gasteiger partial charge in [0.2, 0.25) is 0 Å². The zero-order chi connectivity index (χ0) is 24.9. The van der Waals surface area contributed by atoms with Crippen LogP contribution in [0.4, 0.5) is 23.7 Å². The van der Waals surface area contributed by atoms with Gasteiger partial charge < -0.3 is 10.6 Å². The Bertz CT molecular complexity index is 1240. The molecule has 4 rings (SSSR count). The summed E-state index contributed by atoms with van der Waals surface area (Å²) >= 11 is 0. The molecule has 0 bridgehead atoms. The second-order valence-corrected chi connectivity index (χ2v) is 8.27. The predicted molar refractivity (Wildman–Crippen MR) is 130 cm³/mol. The van der Waals surface area contributed by atoms with Crippen LogP contribution in [-0.2, 0) is 18.1 Å². The Hall–Kier alpha value is -4.13. The lowest BCUT2D eigenvalue weighted by Crippen LogP contribution is -2.50. The van der Waals surface area contributed by atoms with E-state index in [1.54, 1.807) is 25.3 Å². The molecule has 3 aromatic carbocycles. The first-order valence-electron chi connectivity index (χ1n) is 11.1. The number of nitrogens with zero attached hydrogens (tertiary/aromatic N) is 1. The van der Waals surface area contributed by atoms with E-state index in [1.807, 2.05) is 66.7 Å². The highest BCUT2D eigenvalue weighted by Crippen LogP contribution is 2.36. The zero-order valence-electron chi connectivity index (χ0n) is 19.0. The van der Waals surface area contributed by atoms with Crippen LogP contribution in [0.1, 0.15) is 27.9 Å². The van der Waals surface area contributed by atoms with Gasteiger partial charge in [0.15, 0.2) is 0 Å². The van der Waals surface area contributed by atoms with Crippen LogP contribution < -0.4 is 10.6 Å². The molecule has 0 saturated heterocycles. The number of benzene rings is 3. The van der Waals surface area contributed by atoms with E-state index in [0.717, 1.165) is 17.2 Å². The molecule has 0 aliphatic heterocycles. The minimum atomic E-state index is -4.61. The molecule has 4 aromatic rings. The first-order chi connectivity index (χ1) is 16.8. The van der Waals surface area contributed by atoms with Crippen molar-refractivity contribution in [1.29, 1.82) is 0 Å². The molecule has 0 aliphatic rings. The Balaban J connectivity index is 1.78. The molecule has 0 fully saturated rings. The maximum Gasteiger partial charge on any atom is 0.418 e. The Morgan fingerprint density at radius 2 is 1.51 bits per heavy atom. The molecule has 7 heteroatoms. The number of carbonyl (C=O) groups is 1. The summed E-state index contributed by atoms with van der Waals surface area (Å²) in [5, 5.41) is 5.40. The van der Waals surface area contributed by atoms with E-state index in [2.05, 4.69) is 15.6 Å². The summed E-state index contributed by atoms with van der Waals surface area (Å²) in [7, 11) is 0. The summed E-state index contributed by atoms with van der Waals surface area (Å²) in [5.41, 5.74) is 0.315. The van der Waals surface area contributed by atoms with E-state index in [1.165, 1.54) is 12.1 Å². The van der Waals surface area contributed by atoms with E-state index in [9.17, 15) is 18.0 Å². The topological polar surface area (TPSA) is 54.0 Å². The van der Waals surface area contributed by atoms with Crippen molar-refractivity contribution in [2.75, 3.05) is 5.32 Å². The lowest BCUT2D eigenvalue weighted by molar-refractivity contribution is -0.136. The second kappa shape index (κ2) is 10.0. The summed E-state index contributed by atoms with van der Waals surface area (Å²) in [5.74, 6) is 0.